The molecule has 3 rings (SSSR count). The summed E-state index contributed by atoms with van der Waals surface area (Å²) >= 11 is 0. The summed E-state index contributed by atoms with van der Waals surface area (Å²) in [6, 6.07) is 24.4. The molecule has 7 nitrogen and oxygen atoms in total. The Hall–Kier alpha value is -3.49. The first-order chi connectivity index (χ1) is 15.4. The zero-order valence-electron chi connectivity index (χ0n) is 17.8. The molecule has 0 aliphatic heterocycles. The molecular formula is C24H26BN3O4. The summed E-state index contributed by atoms with van der Waals surface area (Å²) in [7, 11) is -1.75. The molecule has 2 amide bonds. The Balaban J connectivity index is 1.56. The number of amides is 2. The van der Waals surface area contributed by atoms with Gasteiger partial charge in [0, 0.05) is 5.56 Å². The molecule has 0 spiro atoms. The quantitative estimate of drug-likeness (QED) is 0.305. The standard InChI is InChI=1S/C24H26BN3O4/c1-17(24(30)28-22(25(31)32)15-18-9-4-2-5-10-18)23(29)26-16-20-13-8-14-21(27-20)19-11-6-3-7-12-19/h2-14,17,22,31-32H,15-16H2,1H3,(H,26,29)(H,28,30). The van der Waals surface area contributed by atoms with E-state index in [-0.39, 0.29) is 13.0 Å². The van der Waals surface area contributed by atoms with E-state index in [0.29, 0.717) is 5.69 Å². The van der Waals surface area contributed by atoms with Crippen LogP contribution in [0.5, 0.6) is 0 Å². The molecule has 0 saturated carbocycles. The normalized spacial score (nSPS) is 12.5. The molecule has 0 bridgehead atoms. The van der Waals surface area contributed by atoms with Crippen LogP contribution >= 0.6 is 0 Å². The van der Waals surface area contributed by atoms with Crippen LogP contribution in [0.4, 0.5) is 0 Å². The van der Waals surface area contributed by atoms with E-state index in [1.807, 2.05) is 72.8 Å². The third-order valence-corrected chi connectivity index (χ3v) is 5.09. The number of benzene rings is 2. The first kappa shape index (κ1) is 23.2. The summed E-state index contributed by atoms with van der Waals surface area (Å²) in [6.07, 6.45) is 0.231. The van der Waals surface area contributed by atoms with E-state index in [9.17, 15) is 19.6 Å². The van der Waals surface area contributed by atoms with Crippen molar-refractivity contribution in [3.05, 3.63) is 90.1 Å². The van der Waals surface area contributed by atoms with Gasteiger partial charge in [0.1, 0.15) is 5.92 Å². The summed E-state index contributed by atoms with van der Waals surface area (Å²) in [6.45, 7) is 1.65. The van der Waals surface area contributed by atoms with Crippen LogP contribution in [0.3, 0.4) is 0 Å². The smallest absolute Gasteiger partial charge is 0.426 e. The van der Waals surface area contributed by atoms with E-state index in [2.05, 4.69) is 15.6 Å². The average Bonchev–Trinajstić information content (AvgIpc) is 2.83. The second-order valence-corrected chi connectivity index (χ2v) is 7.54. The van der Waals surface area contributed by atoms with Crippen LogP contribution in [-0.2, 0) is 22.6 Å². The highest BCUT2D eigenvalue weighted by molar-refractivity contribution is 6.43. The number of carbonyl (C=O) groups is 2. The van der Waals surface area contributed by atoms with Crippen molar-refractivity contribution in [2.75, 3.05) is 0 Å². The Labute approximate surface area is 187 Å². The van der Waals surface area contributed by atoms with Crippen LogP contribution in [0.15, 0.2) is 78.9 Å². The van der Waals surface area contributed by atoms with Crippen LogP contribution in [0.25, 0.3) is 11.3 Å². The second-order valence-electron chi connectivity index (χ2n) is 7.54. The van der Waals surface area contributed by atoms with Gasteiger partial charge in [0.25, 0.3) is 0 Å². The average molecular weight is 431 g/mol. The van der Waals surface area contributed by atoms with Crippen LogP contribution in [0.2, 0.25) is 0 Å². The number of nitrogens with zero attached hydrogens (tertiary/aromatic N) is 1. The topological polar surface area (TPSA) is 112 Å². The van der Waals surface area contributed by atoms with Crippen molar-refractivity contribution in [1.29, 1.82) is 0 Å². The van der Waals surface area contributed by atoms with Gasteiger partial charge >= 0.3 is 7.12 Å². The zero-order chi connectivity index (χ0) is 22.9. The van der Waals surface area contributed by atoms with Crippen molar-refractivity contribution in [3.63, 3.8) is 0 Å². The maximum atomic E-state index is 12.5. The molecule has 3 aromatic rings. The highest BCUT2D eigenvalue weighted by Gasteiger charge is 2.29. The zero-order valence-corrected chi connectivity index (χ0v) is 17.8. The molecule has 2 unspecified atom stereocenters. The van der Waals surface area contributed by atoms with Crippen molar-refractivity contribution in [2.45, 2.75) is 25.8 Å². The fourth-order valence-electron chi connectivity index (χ4n) is 3.20. The minimum Gasteiger partial charge on any atom is -0.426 e. The maximum Gasteiger partial charge on any atom is 0.475 e. The largest absolute Gasteiger partial charge is 0.475 e. The van der Waals surface area contributed by atoms with Gasteiger partial charge in [0.05, 0.1) is 23.9 Å². The summed E-state index contributed by atoms with van der Waals surface area (Å²) in [4.78, 5) is 29.6. The lowest BCUT2D eigenvalue weighted by atomic mass is 9.75. The van der Waals surface area contributed by atoms with Crippen molar-refractivity contribution >= 4 is 18.9 Å². The molecule has 0 aliphatic carbocycles. The summed E-state index contributed by atoms with van der Waals surface area (Å²) < 4.78 is 0. The van der Waals surface area contributed by atoms with Gasteiger partial charge in [-0.3, -0.25) is 14.6 Å². The van der Waals surface area contributed by atoms with Crippen LogP contribution in [0, 0.1) is 5.92 Å². The third-order valence-electron chi connectivity index (χ3n) is 5.09. The molecule has 0 saturated heterocycles. The van der Waals surface area contributed by atoms with Gasteiger partial charge in [-0.05, 0) is 31.0 Å². The predicted octanol–water partition coefficient (Wildman–Crippen LogP) is 1.74. The molecule has 32 heavy (non-hydrogen) atoms. The first-order valence-electron chi connectivity index (χ1n) is 10.4. The molecule has 2 atom stereocenters. The molecule has 1 aromatic heterocycles. The number of carbonyl (C=O) groups excluding carboxylic acids is 2. The Kier molecular flexibility index (Phi) is 8.13. The molecular weight excluding hydrogens is 405 g/mol. The van der Waals surface area contributed by atoms with Crippen molar-refractivity contribution in [1.82, 2.24) is 15.6 Å². The number of nitrogens with one attached hydrogen (secondary N) is 2. The molecule has 8 heteroatoms. The lowest BCUT2D eigenvalue weighted by molar-refractivity contribution is -0.134. The van der Waals surface area contributed by atoms with Gasteiger partial charge in [-0.2, -0.15) is 0 Å². The van der Waals surface area contributed by atoms with Crippen LogP contribution < -0.4 is 10.6 Å². The summed E-state index contributed by atoms with van der Waals surface area (Å²) in [5, 5.41) is 24.6. The summed E-state index contributed by atoms with van der Waals surface area (Å²) in [5.41, 5.74) is 3.27. The molecule has 1 heterocycles. The van der Waals surface area contributed by atoms with Gasteiger partial charge in [-0.1, -0.05) is 66.7 Å². The number of rotatable bonds is 9. The van der Waals surface area contributed by atoms with Gasteiger partial charge in [0.2, 0.25) is 11.8 Å². The van der Waals surface area contributed by atoms with Crippen LogP contribution in [-0.4, -0.2) is 39.9 Å². The molecule has 164 valence electrons. The molecule has 2 aromatic carbocycles. The van der Waals surface area contributed by atoms with E-state index < -0.39 is 30.8 Å². The Morgan fingerprint density at radius 3 is 2.22 bits per heavy atom. The Morgan fingerprint density at radius 1 is 0.906 bits per heavy atom. The lowest BCUT2D eigenvalue weighted by Crippen LogP contribution is -2.51. The number of hydrogen-bond acceptors (Lipinski definition) is 5. The van der Waals surface area contributed by atoms with Crippen molar-refractivity contribution in [2.24, 2.45) is 5.92 Å². The number of pyridine rings is 1. The SMILES string of the molecule is CC(C(=O)NCc1cccc(-c2ccccc2)n1)C(=O)NC(Cc1ccccc1)B(O)O. The van der Waals surface area contributed by atoms with Crippen molar-refractivity contribution < 1.29 is 19.6 Å². The fourth-order valence-corrected chi connectivity index (χ4v) is 3.20. The monoisotopic (exact) mass is 431 g/mol. The number of aromatic nitrogens is 1. The fraction of sp³-hybridized carbons (Fsp3) is 0.208. The highest BCUT2D eigenvalue weighted by atomic mass is 16.4. The first-order valence-corrected chi connectivity index (χ1v) is 10.4. The Morgan fingerprint density at radius 2 is 1.56 bits per heavy atom. The molecule has 0 fully saturated rings. The molecule has 4 N–H and O–H groups in total. The lowest BCUT2D eigenvalue weighted by Gasteiger charge is -2.20. The minimum atomic E-state index is -1.75. The molecule has 0 aliphatic rings. The van der Waals surface area contributed by atoms with E-state index in [1.54, 1.807) is 6.07 Å². The van der Waals surface area contributed by atoms with E-state index >= 15 is 0 Å². The van der Waals surface area contributed by atoms with E-state index in [4.69, 9.17) is 0 Å². The number of hydrogen-bond donors (Lipinski definition) is 4. The van der Waals surface area contributed by atoms with E-state index in [0.717, 1.165) is 16.8 Å². The minimum absolute atomic E-state index is 0.174. The summed E-state index contributed by atoms with van der Waals surface area (Å²) in [5.74, 6) is -2.99. The van der Waals surface area contributed by atoms with Gasteiger partial charge in [0.15, 0.2) is 0 Å². The van der Waals surface area contributed by atoms with Gasteiger partial charge in [-0.25, -0.2) is 0 Å². The van der Waals surface area contributed by atoms with E-state index in [1.165, 1.54) is 6.92 Å². The maximum absolute atomic E-state index is 12.5. The van der Waals surface area contributed by atoms with Gasteiger partial charge < -0.3 is 20.7 Å². The molecule has 0 radical (unpaired) electrons. The third kappa shape index (κ3) is 6.50. The van der Waals surface area contributed by atoms with Crippen LogP contribution in [0.1, 0.15) is 18.2 Å². The van der Waals surface area contributed by atoms with Gasteiger partial charge in [-0.15, -0.1) is 0 Å². The van der Waals surface area contributed by atoms with Crippen molar-refractivity contribution in [3.8, 4) is 11.3 Å². The predicted molar refractivity (Wildman–Crippen MR) is 123 cm³/mol. The Bertz CT molecular complexity index is 1030. The highest BCUT2D eigenvalue weighted by Crippen LogP contribution is 2.16. The second kappa shape index (κ2) is 11.2.